The average molecular weight is 375 g/mol. The second-order valence-corrected chi connectivity index (χ2v) is 8.26. The number of hydrogen-bond donors (Lipinski definition) is 0. The zero-order valence-corrected chi connectivity index (χ0v) is 16.3. The third kappa shape index (κ3) is 5.11. The molecule has 0 aromatic heterocycles. The fourth-order valence-corrected chi connectivity index (χ4v) is 4.57. The van der Waals surface area contributed by atoms with Gasteiger partial charge >= 0.3 is 18.9 Å². The van der Waals surface area contributed by atoms with Gasteiger partial charge in [-0.05, 0) is 49.0 Å². The second-order valence-electron chi connectivity index (χ2n) is 6.21. The molecule has 0 saturated carbocycles. The van der Waals surface area contributed by atoms with Gasteiger partial charge in [0.25, 0.3) is 0 Å². The Morgan fingerprint density at radius 2 is 1.54 bits per heavy atom. The van der Waals surface area contributed by atoms with Crippen molar-refractivity contribution in [2.45, 2.75) is 39.5 Å². The van der Waals surface area contributed by atoms with E-state index in [1.165, 1.54) is 11.1 Å². The summed E-state index contributed by atoms with van der Waals surface area (Å²) in [5, 5.41) is 1.93. The molecule has 5 heteroatoms. The van der Waals surface area contributed by atoms with Crippen molar-refractivity contribution in [1.29, 1.82) is 0 Å². The molecule has 0 saturated heterocycles. The van der Waals surface area contributed by atoms with Crippen LogP contribution in [0, 0.1) is 0 Å². The molecular formula is C19H22Cl2LiOP. The molecule has 0 aliphatic rings. The van der Waals surface area contributed by atoms with Crippen LogP contribution in [-0.4, -0.2) is 24.4 Å². The summed E-state index contributed by atoms with van der Waals surface area (Å²) in [5.74, 6) is 0.798. The molecule has 2 aromatic carbocycles. The average Bonchev–Trinajstić information content (AvgIpc) is 2.46. The van der Waals surface area contributed by atoms with Crippen molar-refractivity contribution in [2.24, 2.45) is 0 Å². The molecule has 0 fully saturated rings. The number of hydrogen-bond acceptors (Lipinski definition) is 1. The van der Waals surface area contributed by atoms with E-state index in [0.717, 1.165) is 5.30 Å². The van der Waals surface area contributed by atoms with Crippen LogP contribution in [-0.2, 0) is 0 Å². The van der Waals surface area contributed by atoms with Crippen molar-refractivity contribution in [2.75, 3.05) is 0 Å². The van der Waals surface area contributed by atoms with Crippen LogP contribution in [0.4, 0.5) is 0 Å². The second kappa shape index (κ2) is 9.42. The van der Waals surface area contributed by atoms with Gasteiger partial charge in [0.1, 0.15) is 0 Å². The van der Waals surface area contributed by atoms with Crippen molar-refractivity contribution in [1.82, 2.24) is 0 Å². The van der Waals surface area contributed by atoms with E-state index in [2.05, 4.69) is 45.9 Å². The molecule has 2 rings (SSSR count). The first kappa shape index (κ1) is 21.8. The normalized spacial score (nSPS) is 11.3. The van der Waals surface area contributed by atoms with E-state index in [0.29, 0.717) is 27.4 Å². The van der Waals surface area contributed by atoms with Gasteiger partial charge in [0.2, 0.25) is 0 Å². The van der Waals surface area contributed by atoms with Crippen LogP contribution >= 0.6 is 31.8 Å². The minimum atomic E-state index is -0.0107. The molecule has 0 bridgehead atoms. The molecule has 1 atom stereocenters. The van der Waals surface area contributed by atoms with Gasteiger partial charge in [0.15, 0.2) is 5.52 Å². The number of carbonyl (C=O) groups is 1. The van der Waals surface area contributed by atoms with Gasteiger partial charge in [0.05, 0.1) is 15.6 Å². The van der Waals surface area contributed by atoms with E-state index in [-0.39, 0.29) is 33.0 Å². The molecule has 0 spiro atoms. The third-order valence-electron chi connectivity index (χ3n) is 3.80. The molecule has 0 amide bonds. The molecule has 0 radical (unpaired) electrons. The Morgan fingerprint density at radius 1 is 0.958 bits per heavy atom. The quantitative estimate of drug-likeness (QED) is 0.481. The standard InChI is InChI=1S/C19H21Cl2OP.Li.H/c1-11(2)13-8-9-14(12(3)4)17(10-13)23-19(22)18-15(20)6-5-7-16(18)21;;/h5-12,23H,1-4H3;;. The Kier molecular flexibility index (Phi) is 8.54. The van der Waals surface area contributed by atoms with Gasteiger partial charge in [-0.25, -0.2) is 0 Å². The zero-order valence-electron chi connectivity index (χ0n) is 13.8. The van der Waals surface area contributed by atoms with Gasteiger partial charge in [-0.1, -0.05) is 75.2 Å². The summed E-state index contributed by atoms with van der Waals surface area (Å²) in [4.78, 5) is 12.8. The van der Waals surface area contributed by atoms with Crippen molar-refractivity contribution < 1.29 is 4.79 Å². The first-order valence-corrected chi connectivity index (χ1v) is 9.46. The van der Waals surface area contributed by atoms with Crippen LogP contribution in [0.1, 0.15) is 61.0 Å². The van der Waals surface area contributed by atoms with E-state index in [9.17, 15) is 4.79 Å². The molecule has 1 unspecified atom stereocenters. The summed E-state index contributed by atoms with van der Waals surface area (Å²) in [6.45, 7) is 8.60. The van der Waals surface area contributed by atoms with Crippen LogP contribution in [0.3, 0.4) is 0 Å². The Morgan fingerprint density at radius 3 is 2.04 bits per heavy atom. The topological polar surface area (TPSA) is 17.1 Å². The van der Waals surface area contributed by atoms with Gasteiger partial charge in [-0.3, -0.25) is 4.79 Å². The van der Waals surface area contributed by atoms with Crippen LogP contribution in [0.15, 0.2) is 36.4 Å². The van der Waals surface area contributed by atoms with E-state index in [1.54, 1.807) is 18.2 Å². The number of halogens is 2. The fraction of sp³-hybridized carbons (Fsp3) is 0.316. The van der Waals surface area contributed by atoms with E-state index in [4.69, 9.17) is 23.2 Å². The summed E-state index contributed by atoms with van der Waals surface area (Å²) >= 11 is 12.3. The first-order chi connectivity index (χ1) is 10.8. The summed E-state index contributed by atoms with van der Waals surface area (Å²) in [7, 11) is 0.0214. The molecular weight excluding hydrogens is 353 g/mol. The molecule has 24 heavy (non-hydrogen) atoms. The van der Waals surface area contributed by atoms with E-state index in [1.807, 2.05) is 0 Å². The Labute approximate surface area is 168 Å². The van der Waals surface area contributed by atoms with E-state index < -0.39 is 0 Å². The maximum atomic E-state index is 12.8. The molecule has 0 heterocycles. The van der Waals surface area contributed by atoms with Crippen molar-refractivity contribution in [3.63, 3.8) is 0 Å². The van der Waals surface area contributed by atoms with Crippen molar-refractivity contribution in [3.05, 3.63) is 63.1 Å². The predicted octanol–water partition coefficient (Wildman–Crippen LogP) is 5.74. The number of benzene rings is 2. The van der Waals surface area contributed by atoms with Crippen molar-refractivity contribution in [3.8, 4) is 0 Å². The van der Waals surface area contributed by atoms with Crippen LogP contribution in [0.2, 0.25) is 10.0 Å². The monoisotopic (exact) mass is 374 g/mol. The predicted molar refractivity (Wildman–Crippen MR) is 111 cm³/mol. The summed E-state index contributed by atoms with van der Waals surface area (Å²) in [6, 6.07) is 11.6. The SMILES string of the molecule is CC(C)c1ccc(C(C)C)c(PC(=O)c2c(Cl)cccc2Cl)c1.[LiH]. The molecule has 0 aliphatic heterocycles. The number of rotatable bonds is 5. The van der Waals surface area contributed by atoms with Crippen LogP contribution < -0.4 is 5.30 Å². The van der Waals surface area contributed by atoms with E-state index >= 15 is 0 Å². The first-order valence-electron chi connectivity index (χ1n) is 7.70. The molecule has 0 aliphatic carbocycles. The van der Waals surface area contributed by atoms with Crippen LogP contribution in [0.25, 0.3) is 0 Å². The Balaban J connectivity index is 0.00000288. The van der Waals surface area contributed by atoms with Gasteiger partial charge in [-0.2, -0.15) is 0 Å². The third-order valence-corrected chi connectivity index (χ3v) is 5.61. The summed E-state index contributed by atoms with van der Waals surface area (Å²) in [6.07, 6.45) is 0. The number of carbonyl (C=O) groups excluding carboxylic acids is 1. The van der Waals surface area contributed by atoms with Gasteiger partial charge in [0, 0.05) is 0 Å². The molecule has 0 N–H and O–H groups in total. The fourth-order valence-electron chi connectivity index (χ4n) is 2.44. The maximum absolute atomic E-state index is 12.8. The summed E-state index contributed by atoms with van der Waals surface area (Å²) in [5.41, 5.74) is 2.88. The van der Waals surface area contributed by atoms with Gasteiger partial charge in [-0.15, -0.1) is 0 Å². The zero-order chi connectivity index (χ0) is 17.1. The minimum absolute atomic E-state index is 0. The molecule has 2 aromatic rings. The van der Waals surface area contributed by atoms with Gasteiger partial charge < -0.3 is 0 Å². The summed E-state index contributed by atoms with van der Waals surface area (Å²) < 4.78 is 0. The van der Waals surface area contributed by atoms with Crippen molar-refractivity contribution >= 4 is 61.5 Å². The Bertz CT molecular complexity index is 709. The van der Waals surface area contributed by atoms with Crippen LogP contribution in [0.5, 0.6) is 0 Å². The molecule has 1 nitrogen and oxygen atoms in total. The molecule has 124 valence electrons. The Hall–Kier alpha value is -0.283.